The van der Waals surface area contributed by atoms with Crippen molar-refractivity contribution in [1.29, 1.82) is 0 Å². The molecule has 0 amide bonds. The summed E-state index contributed by atoms with van der Waals surface area (Å²) in [4.78, 5) is 0. The molecule has 0 aromatic rings. The molecule has 14 heteroatoms. The van der Waals surface area contributed by atoms with Crippen LogP contribution >= 0.6 is 0 Å². The molecular weight excluding hydrogens is 1610 g/mol. The predicted octanol–water partition coefficient (Wildman–Crippen LogP) is 30.8. The van der Waals surface area contributed by atoms with Crippen molar-refractivity contribution in [1.82, 2.24) is 0 Å². The van der Waals surface area contributed by atoms with E-state index in [1.165, 1.54) is 250 Å². The molecular formula is C115H248O14. The highest BCUT2D eigenvalue weighted by Gasteiger charge is 2.40. The van der Waals surface area contributed by atoms with Gasteiger partial charge in [-0.25, -0.2) is 0 Å². The molecule has 0 radical (unpaired) electrons. The van der Waals surface area contributed by atoms with Crippen LogP contribution in [0.1, 0.15) is 587 Å². The monoisotopic (exact) mass is 1850 g/mol. The van der Waals surface area contributed by atoms with E-state index < -0.39 is 5.60 Å². The molecule has 0 spiro atoms. The maximum Gasteiger partial charge on any atom is 0.0568 e. The van der Waals surface area contributed by atoms with Gasteiger partial charge in [0.2, 0.25) is 0 Å². The minimum atomic E-state index is -0.500. The van der Waals surface area contributed by atoms with Gasteiger partial charge in [-0.1, -0.05) is 367 Å². The maximum atomic E-state index is 9.93. The van der Waals surface area contributed by atoms with E-state index in [0.29, 0.717) is 5.92 Å². The highest BCUT2D eigenvalue weighted by molar-refractivity contribution is 4.91. The van der Waals surface area contributed by atoms with Crippen molar-refractivity contribution in [3.63, 3.8) is 0 Å². The van der Waals surface area contributed by atoms with Crippen LogP contribution in [0.4, 0.5) is 0 Å². The van der Waals surface area contributed by atoms with E-state index >= 15 is 0 Å². The Balaban J connectivity index is -0.000000173. The molecule has 0 heterocycles. The van der Waals surface area contributed by atoms with Crippen molar-refractivity contribution in [3.05, 3.63) is 0 Å². The zero-order valence-electron chi connectivity index (χ0n) is 95.8. The van der Waals surface area contributed by atoms with Crippen molar-refractivity contribution in [3.8, 4) is 0 Å². The van der Waals surface area contributed by atoms with E-state index in [4.69, 9.17) is 30.6 Å². The van der Waals surface area contributed by atoms with E-state index in [0.717, 1.165) is 38.5 Å². The minimum absolute atomic E-state index is 0.0556. The lowest BCUT2D eigenvalue weighted by Crippen LogP contribution is -2.35. The Morgan fingerprint density at radius 2 is 0.481 bits per heavy atom. The van der Waals surface area contributed by atoms with Crippen LogP contribution in [0, 0.1) is 70.9 Å². The van der Waals surface area contributed by atoms with Crippen LogP contribution in [-0.4, -0.2) is 157 Å². The fourth-order valence-electron chi connectivity index (χ4n) is 15.3. The van der Waals surface area contributed by atoms with Gasteiger partial charge in [0, 0.05) is 6.61 Å². The third kappa shape index (κ3) is 79.9. The highest BCUT2D eigenvalue weighted by Crippen LogP contribution is 2.47. The molecule has 12 atom stereocenters. The Morgan fingerprint density at radius 3 is 0.643 bits per heavy atom. The summed E-state index contributed by atoms with van der Waals surface area (Å²) in [6.07, 6.45) is 55.0. The van der Waals surface area contributed by atoms with Gasteiger partial charge in [0.1, 0.15) is 0 Å². The van der Waals surface area contributed by atoms with Gasteiger partial charge in [0.05, 0.1) is 78.8 Å². The Bertz CT molecular complexity index is 2300. The fraction of sp³-hybridized carbons (Fsp3) is 1.00. The molecule has 0 bridgehead atoms. The number of hydrogen-bond donors (Lipinski definition) is 14. The first-order valence-corrected chi connectivity index (χ1v) is 54.1. The molecule has 0 aromatic carbocycles. The van der Waals surface area contributed by atoms with Crippen LogP contribution in [0.5, 0.6) is 0 Å². The first-order chi connectivity index (χ1) is 58.6. The quantitative estimate of drug-likeness (QED) is 0.0298. The molecule has 12 unspecified atom stereocenters. The lowest BCUT2D eigenvalue weighted by atomic mass is 9.68. The molecule has 0 saturated heterocycles. The Labute approximate surface area is 810 Å². The van der Waals surface area contributed by atoms with Crippen LogP contribution in [0.2, 0.25) is 0 Å². The second-order valence-electron chi connectivity index (χ2n) is 49.2. The van der Waals surface area contributed by atoms with Crippen molar-refractivity contribution >= 4 is 0 Å². The lowest BCUT2D eigenvalue weighted by molar-refractivity contribution is 0.000116. The van der Waals surface area contributed by atoms with Crippen molar-refractivity contribution in [2.24, 2.45) is 70.9 Å². The molecule has 5 aliphatic rings. The highest BCUT2D eigenvalue weighted by atomic mass is 16.3. The fourth-order valence-corrected chi connectivity index (χ4v) is 15.3. The van der Waals surface area contributed by atoms with Crippen molar-refractivity contribution in [2.75, 3.05) is 6.61 Å². The molecule has 0 aliphatic heterocycles. The third-order valence-corrected chi connectivity index (χ3v) is 30.6. The van der Waals surface area contributed by atoms with Gasteiger partial charge in [-0.3, -0.25) is 0 Å². The molecule has 5 saturated carbocycles. The second-order valence-corrected chi connectivity index (χ2v) is 49.2. The number of hydrogen-bond acceptors (Lipinski definition) is 14. The first-order valence-electron chi connectivity index (χ1n) is 54.1. The van der Waals surface area contributed by atoms with Gasteiger partial charge in [0.25, 0.3) is 0 Å². The summed E-state index contributed by atoms with van der Waals surface area (Å²) < 4.78 is 0. The lowest BCUT2D eigenvalue weighted by Gasteiger charge is -2.40. The van der Waals surface area contributed by atoms with E-state index in [1.807, 2.05) is 138 Å². The Morgan fingerprint density at radius 1 is 0.256 bits per heavy atom. The van der Waals surface area contributed by atoms with Crippen LogP contribution in [0.3, 0.4) is 0 Å². The van der Waals surface area contributed by atoms with E-state index in [-0.39, 0.29) is 145 Å². The van der Waals surface area contributed by atoms with Gasteiger partial charge >= 0.3 is 0 Å². The summed E-state index contributed by atoms with van der Waals surface area (Å²) >= 11 is 0. The molecule has 5 aliphatic carbocycles. The Hall–Kier alpha value is -0.560. The van der Waals surface area contributed by atoms with Crippen LogP contribution in [0.25, 0.3) is 0 Å². The van der Waals surface area contributed by atoms with Gasteiger partial charge < -0.3 is 71.5 Å². The second kappa shape index (κ2) is 77.2. The summed E-state index contributed by atoms with van der Waals surface area (Å²) in [5.74, 6) is 0.407. The normalized spacial score (nSPS) is 19.9. The van der Waals surface area contributed by atoms with Crippen molar-refractivity contribution < 1.29 is 71.5 Å². The molecule has 792 valence electrons. The third-order valence-electron chi connectivity index (χ3n) is 30.6. The summed E-state index contributed by atoms with van der Waals surface area (Å²) in [5, 5.41) is 129. The molecule has 5 fully saturated rings. The molecule has 14 nitrogen and oxygen atoms in total. The SMILES string of the molecule is CC(C)(C)CO.CC(C)(C)O.CC(C)C(C)O.CC(O)C(C)(C)C.CC(O)C(C)(C)C.CC(O)C1(C)CCCCC1.CCC(C)(C)C(C)O.CCC1(C(C)O)CCCCC1.CCCC(C)(C)C(C)O.CCCC1(C(C)O)CCCCC1.CCCCC(C)(C)C(C)O.CCCCC1(C(C)O)CCCCC1.CCCCCC(C)(C)C(C)O.CCCCCC1(C(C)O)CCCCC1. The predicted molar refractivity (Wildman–Crippen MR) is 569 cm³/mol. The molecule has 0 aromatic heterocycles. The largest absolute Gasteiger partial charge is 0.396 e. The van der Waals surface area contributed by atoms with Gasteiger partial charge in [-0.2, -0.15) is 0 Å². The summed E-state index contributed by atoms with van der Waals surface area (Å²) in [5.41, 5.74) is 1.49. The van der Waals surface area contributed by atoms with Crippen LogP contribution in [0.15, 0.2) is 0 Å². The van der Waals surface area contributed by atoms with Crippen LogP contribution in [-0.2, 0) is 0 Å². The number of aliphatic hydroxyl groups is 14. The average molecular weight is 1860 g/mol. The maximum absolute atomic E-state index is 9.93. The smallest absolute Gasteiger partial charge is 0.0568 e. The summed E-state index contributed by atoms with van der Waals surface area (Å²) in [6.45, 7) is 86.8. The summed E-state index contributed by atoms with van der Waals surface area (Å²) in [7, 11) is 0. The molecule has 14 N–H and O–H groups in total. The van der Waals surface area contributed by atoms with Gasteiger partial charge in [0.15, 0.2) is 0 Å². The standard InChI is InChI=1S/C13H26O.C12H24O.C11H22O.C10H20O.C10H22O.C9H18O.C9H20O.C8H18O.C7H16O.2C6H14O.2C5H12O.C4H10O/c1-3-4-6-9-13(12(2)14)10-7-5-8-11-13;1-3-4-8-12(11(2)13)9-6-5-7-10-12;1-3-7-11(10(2)12)8-5-4-6-9-11;1-3-10(9(2)11)7-5-4-6-8-10;1-5-6-7-8-10(3,4)9(2)11;1-8(10)9(2)6-4-3-5-7-9;1-5-6-7-9(3,4)8(2)10;1-5-6-8(3,4)7(2)9;1-5-7(3,4)6(2)8;2*1-5(7)6(2,3)4;1-5(2,3)4-6;1-4(2)5(3)6;1-4(2,3)5/h12,14H,3-11H2,1-2H3;11,13H,3-10H2,1-2H3;10,12H,3-9H2,1-2H3;9,11H,3-8H2,1-2H3;9,11H,5-8H2,1-4H3;8,10H,3-7H2,1-2H3;8,10H,5-7H2,1-4H3;7,9H,5-6H2,1-4H3;6,8H,5H2,1-4H3;2*5,7H,1-4H3;6H,4H2,1-3H3;4-6H,1-3H3;5H,1-3H3. The van der Waals surface area contributed by atoms with Gasteiger partial charge in [-0.05, 0) is 290 Å². The number of aliphatic hydroxyl groups excluding tert-OH is 13. The first kappa shape index (κ1) is 146. The summed E-state index contributed by atoms with van der Waals surface area (Å²) in [6, 6.07) is 0. The topological polar surface area (TPSA) is 283 Å². The molecule has 129 heavy (non-hydrogen) atoms. The minimum Gasteiger partial charge on any atom is -0.396 e. The number of unbranched alkanes of at least 4 members (excludes halogenated alkanes) is 6. The van der Waals surface area contributed by atoms with Crippen LogP contribution < -0.4 is 0 Å². The van der Waals surface area contributed by atoms with Gasteiger partial charge in [-0.15, -0.1) is 0 Å². The number of rotatable bonds is 30. The van der Waals surface area contributed by atoms with Crippen molar-refractivity contribution in [2.45, 2.75) is 666 Å². The van der Waals surface area contributed by atoms with E-state index in [1.54, 1.807) is 41.5 Å². The zero-order valence-corrected chi connectivity index (χ0v) is 95.8. The average Bonchev–Trinajstić information content (AvgIpc) is 0.905. The van der Waals surface area contributed by atoms with E-state index in [2.05, 4.69) is 118 Å². The Kier molecular flexibility index (Phi) is 87.5. The zero-order chi connectivity index (χ0) is 104. The molecule has 5 rings (SSSR count). The van der Waals surface area contributed by atoms with E-state index in [9.17, 15) is 40.9 Å².